The van der Waals surface area contributed by atoms with Crippen LogP contribution in [0.3, 0.4) is 0 Å². The van der Waals surface area contributed by atoms with Gasteiger partial charge in [0.05, 0.1) is 19.6 Å². The normalized spacial score (nSPS) is 16.7. The molecule has 1 heterocycles. The molecule has 3 rings (SSSR count). The second kappa shape index (κ2) is 10.8. The maximum atomic E-state index is 13.1. The van der Waals surface area contributed by atoms with Crippen LogP contribution >= 0.6 is 0 Å². The third-order valence-corrected chi connectivity index (χ3v) is 5.41. The van der Waals surface area contributed by atoms with Crippen molar-refractivity contribution in [1.29, 1.82) is 0 Å². The van der Waals surface area contributed by atoms with Crippen LogP contribution in [-0.4, -0.2) is 49.1 Å². The van der Waals surface area contributed by atoms with E-state index < -0.39 is 6.04 Å². The Morgan fingerprint density at radius 2 is 1.87 bits per heavy atom. The fourth-order valence-corrected chi connectivity index (χ4v) is 3.55. The van der Waals surface area contributed by atoms with E-state index in [1.54, 1.807) is 18.9 Å². The summed E-state index contributed by atoms with van der Waals surface area (Å²) in [6.45, 7) is 3.35. The molecule has 2 atom stereocenters. The van der Waals surface area contributed by atoms with Gasteiger partial charge in [-0.25, -0.2) is 0 Å². The van der Waals surface area contributed by atoms with E-state index in [1.165, 1.54) is 0 Å². The number of carbonyl (C=O) groups excluding carboxylic acids is 2. The molecule has 6 heteroatoms. The number of benzene rings is 2. The largest absolute Gasteiger partial charge is 0.497 e. The van der Waals surface area contributed by atoms with Gasteiger partial charge >= 0.3 is 0 Å². The van der Waals surface area contributed by atoms with Crippen molar-refractivity contribution in [3.05, 3.63) is 65.7 Å². The summed E-state index contributed by atoms with van der Waals surface area (Å²) in [5.41, 5.74) is 1.87. The second-order valence-corrected chi connectivity index (χ2v) is 7.59. The number of amides is 2. The van der Waals surface area contributed by atoms with E-state index >= 15 is 0 Å². The standard InChI is InChI=1S/C24H30N2O4/c1-18(24(28)25-16-22-9-6-14-30-22)26(17-20-10-12-21(29-2)13-11-20)23(27)15-19-7-4-3-5-8-19/h3-5,7-8,10-13,18,22H,6,9,14-17H2,1-2H3,(H,25,28)/t18-,22+/m0/s1. The van der Waals surface area contributed by atoms with Crippen molar-refractivity contribution < 1.29 is 19.1 Å². The maximum Gasteiger partial charge on any atom is 0.242 e. The minimum Gasteiger partial charge on any atom is -0.497 e. The van der Waals surface area contributed by atoms with Gasteiger partial charge in [0.1, 0.15) is 11.8 Å². The summed E-state index contributed by atoms with van der Waals surface area (Å²) < 4.78 is 10.8. The first kappa shape index (κ1) is 21.8. The van der Waals surface area contributed by atoms with Crippen LogP contribution in [0.2, 0.25) is 0 Å². The van der Waals surface area contributed by atoms with Crippen molar-refractivity contribution in [2.24, 2.45) is 0 Å². The van der Waals surface area contributed by atoms with Gasteiger partial charge in [-0.15, -0.1) is 0 Å². The summed E-state index contributed by atoms with van der Waals surface area (Å²) in [5.74, 6) is 0.500. The van der Waals surface area contributed by atoms with Crippen LogP contribution in [0, 0.1) is 0 Å². The molecule has 1 aliphatic rings. The van der Waals surface area contributed by atoms with Crippen molar-refractivity contribution in [1.82, 2.24) is 10.2 Å². The van der Waals surface area contributed by atoms with Crippen molar-refractivity contribution in [3.8, 4) is 5.75 Å². The third-order valence-electron chi connectivity index (χ3n) is 5.41. The number of methoxy groups -OCH3 is 1. The lowest BCUT2D eigenvalue weighted by atomic mass is 10.1. The summed E-state index contributed by atoms with van der Waals surface area (Å²) in [4.78, 5) is 27.6. The van der Waals surface area contributed by atoms with E-state index in [0.717, 1.165) is 36.3 Å². The van der Waals surface area contributed by atoms with Crippen LogP contribution in [0.1, 0.15) is 30.9 Å². The summed E-state index contributed by atoms with van der Waals surface area (Å²) >= 11 is 0. The van der Waals surface area contributed by atoms with E-state index in [2.05, 4.69) is 5.32 Å². The molecule has 1 saturated heterocycles. The molecule has 0 saturated carbocycles. The quantitative estimate of drug-likeness (QED) is 0.690. The van der Waals surface area contributed by atoms with Crippen LogP contribution in [0.25, 0.3) is 0 Å². The Balaban J connectivity index is 1.70. The van der Waals surface area contributed by atoms with Crippen LogP contribution < -0.4 is 10.1 Å². The van der Waals surface area contributed by atoms with Crippen molar-refractivity contribution in [2.45, 2.75) is 44.9 Å². The maximum absolute atomic E-state index is 13.1. The van der Waals surface area contributed by atoms with E-state index in [9.17, 15) is 9.59 Å². The molecule has 30 heavy (non-hydrogen) atoms. The van der Waals surface area contributed by atoms with Gasteiger partial charge < -0.3 is 19.7 Å². The molecule has 1 aliphatic heterocycles. The zero-order valence-electron chi connectivity index (χ0n) is 17.7. The summed E-state index contributed by atoms with van der Waals surface area (Å²) in [6, 6.07) is 16.5. The lowest BCUT2D eigenvalue weighted by Crippen LogP contribution is -2.49. The van der Waals surface area contributed by atoms with Crippen molar-refractivity contribution >= 4 is 11.8 Å². The number of nitrogens with one attached hydrogen (secondary N) is 1. The number of ether oxygens (including phenoxy) is 2. The Hall–Kier alpha value is -2.86. The summed E-state index contributed by atoms with van der Waals surface area (Å²) in [6.07, 6.45) is 2.29. The molecule has 2 amide bonds. The van der Waals surface area contributed by atoms with Gasteiger partial charge in [-0.3, -0.25) is 9.59 Å². The number of hydrogen-bond acceptors (Lipinski definition) is 4. The number of carbonyl (C=O) groups is 2. The van der Waals surface area contributed by atoms with Crippen molar-refractivity contribution in [2.75, 3.05) is 20.3 Å². The highest BCUT2D eigenvalue weighted by Gasteiger charge is 2.27. The predicted molar refractivity (Wildman–Crippen MR) is 115 cm³/mol. The molecule has 160 valence electrons. The molecule has 0 unspecified atom stereocenters. The minimum atomic E-state index is -0.593. The Kier molecular flexibility index (Phi) is 7.85. The highest BCUT2D eigenvalue weighted by atomic mass is 16.5. The molecule has 1 N–H and O–H groups in total. The SMILES string of the molecule is COc1ccc(CN(C(=O)Cc2ccccc2)[C@@H](C)C(=O)NC[C@H]2CCCO2)cc1. The van der Waals surface area contributed by atoms with Gasteiger partial charge in [-0.2, -0.15) is 0 Å². The Morgan fingerprint density at radius 1 is 1.13 bits per heavy atom. The van der Waals surface area contributed by atoms with Gasteiger partial charge in [-0.1, -0.05) is 42.5 Å². The van der Waals surface area contributed by atoms with Gasteiger partial charge in [-0.05, 0) is 43.0 Å². The topological polar surface area (TPSA) is 67.9 Å². The van der Waals surface area contributed by atoms with E-state index in [0.29, 0.717) is 13.1 Å². The van der Waals surface area contributed by atoms with Crippen LogP contribution in [0.15, 0.2) is 54.6 Å². The van der Waals surface area contributed by atoms with Gasteiger partial charge in [0.2, 0.25) is 11.8 Å². The predicted octanol–water partition coefficient (Wildman–Crippen LogP) is 2.95. The van der Waals surface area contributed by atoms with Crippen LogP contribution in [0.4, 0.5) is 0 Å². The van der Waals surface area contributed by atoms with Gasteiger partial charge in [0.15, 0.2) is 0 Å². The average Bonchev–Trinajstić information content (AvgIpc) is 3.30. The first-order chi connectivity index (χ1) is 14.6. The molecule has 0 aromatic heterocycles. The molecular weight excluding hydrogens is 380 g/mol. The Labute approximate surface area is 178 Å². The number of rotatable bonds is 9. The van der Waals surface area contributed by atoms with Crippen LogP contribution in [-0.2, 0) is 27.3 Å². The molecule has 0 aliphatic carbocycles. The highest BCUT2D eigenvalue weighted by molar-refractivity contribution is 5.88. The lowest BCUT2D eigenvalue weighted by molar-refractivity contribution is -0.140. The second-order valence-electron chi connectivity index (χ2n) is 7.59. The van der Waals surface area contributed by atoms with E-state index in [-0.39, 0.29) is 24.3 Å². The third kappa shape index (κ3) is 6.07. The molecule has 2 aromatic carbocycles. The van der Waals surface area contributed by atoms with Gasteiger partial charge in [0, 0.05) is 19.7 Å². The lowest BCUT2D eigenvalue weighted by Gasteiger charge is -2.29. The molecule has 0 radical (unpaired) electrons. The monoisotopic (exact) mass is 410 g/mol. The minimum absolute atomic E-state index is 0.0659. The van der Waals surface area contributed by atoms with Gasteiger partial charge in [0.25, 0.3) is 0 Å². The smallest absolute Gasteiger partial charge is 0.242 e. The van der Waals surface area contributed by atoms with Crippen molar-refractivity contribution in [3.63, 3.8) is 0 Å². The Bertz CT molecular complexity index is 817. The average molecular weight is 411 g/mol. The van der Waals surface area contributed by atoms with Crippen LogP contribution in [0.5, 0.6) is 5.75 Å². The molecule has 6 nitrogen and oxygen atoms in total. The highest BCUT2D eigenvalue weighted by Crippen LogP contribution is 2.16. The molecule has 1 fully saturated rings. The first-order valence-electron chi connectivity index (χ1n) is 10.4. The molecule has 0 bridgehead atoms. The number of hydrogen-bond donors (Lipinski definition) is 1. The number of nitrogens with zero attached hydrogens (tertiary/aromatic N) is 1. The zero-order valence-corrected chi connectivity index (χ0v) is 17.7. The fourth-order valence-electron chi connectivity index (χ4n) is 3.55. The molecule has 2 aromatic rings. The molecular formula is C24H30N2O4. The zero-order chi connectivity index (χ0) is 21.3. The fraction of sp³-hybridized carbons (Fsp3) is 0.417. The molecule has 0 spiro atoms. The van der Waals surface area contributed by atoms with E-state index in [4.69, 9.17) is 9.47 Å². The van der Waals surface area contributed by atoms with E-state index in [1.807, 2.05) is 54.6 Å². The summed E-state index contributed by atoms with van der Waals surface area (Å²) in [5, 5.41) is 2.95. The first-order valence-corrected chi connectivity index (χ1v) is 10.4. The Morgan fingerprint density at radius 3 is 2.50 bits per heavy atom. The summed E-state index contributed by atoms with van der Waals surface area (Å²) in [7, 11) is 1.62.